The highest BCUT2D eigenvalue weighted by Crippen LogP contribution is 2.36. The highest BCUT2D eigenvalue weighted by Gasteiger charge is 2.18. The van der Waals surface area contributed by atoms with Crippen molar-refractivity contribution >= 4 is 5.57 Å². The molecular weight excluding hydrogens is 254 g/mol. The maximum Gasteiger partial charge on any atom is -0.00144 e. The van der Waals surface area contributed by atoms with E-state index in [1.165, 1.54) is 33.4 Å². The second kappa shape index (κ2) is 6.28. The highest BCUT2D eigenvalue weighted by molar-refractivity contribution is 5.85. The van der Waals surface area contributed by atoms with Crippen molar-refractivity contribution in [1.29, 1.82) is 0 Å². The number of aryl methyl sites for hydroxylation is 2. The summed E-state index contributed by atoms with van der Waals surface area (Å²) in [5.41, 5.74) is 8.74. The quantitative estimate of drug-likeness (QED) is 0.886. The summed E-state index contributed by atoms with van der Waals surface area (Å²) in [6, 6.07) is 17.8. The molecule has 0 bridgehead atoms. The molecular formula is C20H23N. The summed E-state index contributed by atoms with van der Waals surface area (Å²) in [5.74, 6) is 0. The minimum Gasteiger partial charge on any atom is -0.319 e. The summed E-state index contributed by atoms with van der Waals surface area (Å²) >= 11 is 0. The Morgan fingerprint density at radius 3 is 1.95 bits per heavy atom. The predicted molar refractivity (Wildman–Crippen MR) is 90.5 cm³/mol. The van der Waals surface area contributed by atoms with Crippen LogP contribution in [0.5, 0.6) is 0 Å². The molecule has 0 saturated heterocycles. The number of benzene rings is 2. The molecule has 2 aromatic carbocycles. The van der Waals surface area contributed by atoms with Crippen LogP contribution in [0.1, 0.15) is 35.6 Å². The number of fused-ring (bicyclic) bond motifs is 2. The number of hydrogen-bond acceptors (Lipinski definition) is 1. The molecule has 0 saturated carbocycles. The van der Waals surface area contributed by atoms with Crippen LogP contribution in [0.4, 0.5) is 0 Å². The van der Waals surface area contributed by atoms with Crippen LogP contribution in [0.2, 0.25) is 0 Å². The van der Waals surface area contributed by atoms with Gasteiger partial charge in [-0.15, -0.1) is 0 Å². The fraction of sp³-hybridized carbons (Fsp3) is 0.300. The van der Waals surface area contributed by atoms with Crippen molar-refractivity contribution in [3.05, 3.63) is 76.4 Å². The van der Waals surface area contributed by atoms with E-state index in [1.807, 2.05) is 7.05 Å². The molecule has 0 aromatic heterocycles. The van der Waals surface area contributed by atoms with Gasteiger partial charge in [0, 0.05) is 0 Å². The molecule has 21 heavy (non-hydrogen) atoms. The normalized spacial score (nSPS) is 13.3. The second-order valence-corrected chi connectivity index (χ2v) is 5.82. The Balaban J connectivity index is 2.20. The largest absolute Gasteiger partial charge is 0.319 e. The monoisotopic (exact) mass is 277 g/mol. The van der Waals surface area contributed by atoms with Gasteiger partial charge in [-0.25, -0.2) is 0 Å². The fourth-order valence-corrected chi connectivity index (χ4v) is 3.28. The van der Waals surface area contributed by atoms with E-state index >= 15 is 0 Å². The van der Waals surface area contributed by atoms with Crippen LogP contribution in [0.3, 0.4) is 0 Å². The van der Waals surface area contributed by atoms with Crippen molar-refractivity contribution in [2.24, 2.45) is 0 Å². The van der Waals surface area contributed by atoms with Gasteiger partial charge in [0.2, 0.25) is 0 Å². The molecule has 0 fully saturated rings. The van der Waals surface area contributed by atoms with Crippen LogP contribution in [-0.4, -0.2) is 13.6 Å². The molecule has 0 heterocycles. The molecule has 1 N–H and O–H groups in total. The molecule has 0 aliphatic heterocycles. The van der Waals surface area contributed by atoms with Gasteiger partial charge in [-0.2, -0.15) is 0 Å². The molecule has 1 nitrogen and oxygen atoms in total. The third-order valence-corrected chi connectivity index (χ3v) is 4.41. The number of rotatable bonds is 3. The van der Waals surface area contributed by atoms with Gasteiger partial charge in [0.25, 0.3) is 0 Å². The Labute approximate surface area is 127 Å². The Hall–Kier alpha value is -1.86. The lowest BCUT2D eigenvalue weighted by atomic mass is 9.89. The number of hydrogen-bond donors (Lipinski definition) is 1. The van der Waals surface area contributed by atoms with Gasteiger partial charge in [0.05, 0.1) is 0 Å². The van der Waals surface area contributed by atoms with Crippen LogP contribution in [0.25, 0.3) is 5.57 Å². The average molecular weight is 277 g/mol. The Morgan fingerprint density at radius 1 is 0.905 bits per heavy atom. The minimum atomic E-state index is 1.03. The van der Waals surface area contributed by atoms with Crippen molar-refractivity contribution < 1.29 is 0 Å². The number of nitrogens with one attached hydrogen (secondary N) is 1. The maximum atomic E-state index is 3.27. The summed E-state index contributed by atoms with van der Waals surface area (Å²) in [4.78, 5) is 0. The van der Waals surface area contributed by atoms with Gasteiger partial charge in [-0.05, 0) is 67.6 Å². The summed E-state index contributed by atoms with van der Waals surface area (Å²) in [5, 5.41) is 3.27. The molecule has 2 aromatic rings. The highest BCUT2D eigenvalue weighted by atomic mass is 14.8. The smallest absolute Gasteiger partial charge is 0.00144 e. The summed E-state index contributed by atoms with van der Waals surface area (Å²) in [7, 11) is 2.02. The molecule has 108 valence electrons. The third kappa shape index (κ3) is 2.79. The minimum absolute atomic E-state index is 1.03. The van der Waals surface area contributed by atoms with Crippen molar-refractivity contribution in [1.82, 2.24) is 5.32 Å². The van der Waals surface area contributed by atoms with E-state index in [0.29, 0.717) is 0 Å². The molecule has 1 heteroatoms. The van der Waals surface area contributed by atoms with Crippen LogP contribution in [-0.2, 0) is 12.8 Å². The topological polar surface area (TPSA) is 12.0 Å². The fourth-order valence-electron chi connectivity index (χ4n) is 3.28. The molecule has 0 spiro atoms. The lowest BCUT2D eigenvalue weighted by molar-refractivity contribution is 0.786. The zero-order valence-electron chi connectivity index (χ0n) is 12.9. The third-order valence-electron chi connectivity index (χ3n) is 4.41. The van der Waals surface area contributed by atoms with Crippen molar-refractivity contribution in [2.45, 2.75) is 26.2 Å². The van der Waals surface area contributed by atoms with Crippen LogP contribution < -0.4 is 5.32 Å². The van der Waals surface area contributed by atoms with E-state index < -0.39 is 0 Å². The van der Waals surface area contributed by atoms with E-state index in [0.717, 1.165) is 25.8 Å². The van der Waals surface area contributed by atoms with Crippen LogP contribution in [0.15, 0.2) is 54.1 Å². The van der Waals surface area contributed by atoms with Gasteiger partial charge < -0.3 is 5.32 Å². The van der Waals surface area contributed by atoms with E-state index in [4.69, 9.17) is 0 Å². The summed E-state index contributed by atoms with van der Waals surface area (Å²) in [6.07, 6.45) is 3.36. The zero-order chi connectivity index (χ0) is 14.7. The van der Waals surface area contributed by atoms with Crippen LogP contribution in [0, 0.1) is 0 Å². The Morgan fingerprint density at radius 2 is 1.43 bits per heavy atom. The molecule has 1 aliphatic rings. The standard InChI is InChI=1S/C20H23N/c1-15(13-14-21-2)20-18-9-5-3-7-16(18)11-12-17-8-4-6-10-19(17)20/h3-10,21H,11-14H2,1-2H3. The van der Waals surface area contributed by atoms with Crippen molar-refractivity contribution in [3.63, 3.8) is 0 Å². The molecule has 0 atom stereocenters. The average Bonchev–Trinajstić information content (AvgIpc) is 2.69. The molecule has 0 amide bonds. The Bertz CT molecular complexity index is 618. The maximum absolute atomic E-state index is 3.27. The van der Waals surface area contributed by atoms with Gasteiger partial charge in [-0.3, -0.25) is 0 Å². The van der Waals surface area contributed by atoms with Crippen LogP contribution >= 0.6 is 0 Å². The molecule has 0 radical (unpaired) electrons. The zero-order valence-corrected chi connectivity index (χ0v) is 12.9. The van der Waals surface area contributed by atoms with Gasteiger partial charge >= 0.3 is 0 Å². The first-order chi connectivity index (χ1) is 10.3. The predicted octanol–water partition coefficient (Wildman–Crippen LogP) is 4.22. The van der Waals surface area contributed by atoms with Gasteiger partial charge in [0.1, 0.15) is 0 Å². The molecule has 0 unspecified atom stereocenters. The van der Waals surface area contributed by atoms with Gasteiger partial charge in [-0.1, -0.05) is 54.1 Å². The first kappa shape index (κ1) is 14.1. The summed E-state index contributed by atoms with van der Waals surface area (Å²) < 4.78 is 0. The Kier molecular flexibility index (Phi) is 4.21. The molecule has 1 aliphatic carbocycles. The van der Waals surface area contributed by atoms with E-state index in [-0.39, 0.29) is 0 Å². The lowest BCUT2D eigenvalue weighted by Gasteiger charge is -2.16. The lowest BCUT2D eigenvalue weighted by Crippen LogP contribution is -2.08. The van der Waals surface area contributed by atoms with E-state index in [1.54, 1.807) is 0 Å². The van der Waals surface area contributed by atoms with E-state index in [2.05, 4.69) is 60.8 Å². The van der Waals surface area contributed by atoms with Crippen molar-refractivity contribution in [3.8, 4) is 0 Å². The van der Waals surface area contributed by atoms with Gasteiger partial charge in [0.15, 0.2) is 0 Å². The van der Waals surface area contributed by atoms with E-state index in [9.17, 15) is 0 Å². The second-order valence-electron chi connectivity index (χ2n) is 5.82. The first-order valence-electron chi connectivity index (χ1n) is 7.82. The first-order valence-corrected chi connectivity index (χ1v) is 7.82. The molecule has 3 rings (SSSR count). The SMILES string of the molecule is CNCCC(C)=C1c2ccccc2CCc2ccccc21. The van der Waals surface area contributed by atoms with Crippen molar-refractivity contribution in [2.75, 3.05) is 13.6 Å². The summed E-state index contributed by atoms with van der Waals surface area (Å²) in [6.45, 7) is 3.31.